The summed E-state index contributed by atoms with van der Waals surface area (Å²) in [7, 11) is 2.79. The van der Waals surface area contributed by atoms with Crippen molar-refractivity contribution < 1.29 is 43.0 Å². The highest BCUT2D eigenvalue weighted by molar-refractivity contribution is 8.00. The van der Waals surface area contributed by atoms with E-state index in [-0.39, 0.29) is 46.7 Å². The molecule has 1 aromatic rings. The average molecular weight is 586 g/mol. The van der Waals surface area contributed by atoms with Crippen LogP contribution in [-0.2, 0) is 38.2 Å². The summed E-state index contributed by atoms with van der Waals surface area (Å²) in [5.41, 5.74) is 6.52. The number of esters is 1. The maximum absolute atomic E-state index is 13.1. The van der Waals surface area contributed by atoms with Crippen LogP contribution in [0.1, 0.15) is 32.9 Å². The Morgan fingerprint density at radius 1 is 1.23 bits per heavy atom. The molecule has 2 aliphatic rings. The number of anilines is 1. The molecule has 214 valence electrons. The fourth-order valence-electron chi connectivity index (χ4n) is 3.87. The van der Waals surface area contributed by atoms with Crippen LogP contribution >= 0.6 is 23.1 Å². The number of rotatable bonds is 12. The minimum absolute atomic E-state index is 0.0372. The molecule has 2 amide bonds. The summed E-state index contributed by atoms with van der Waals surface area (Å²) in [6.45, 7) is 4.96. The molecule has 2 unspecified atom stereocenters. The maximum atomic E-state index is 13.1. The number of amides is 2. The molecule has 14 nitrogen and oxygen atoms in total. The Hall–Kier alpha value is -3.37. The normalized spacial score (nSPS) is 19.7. The number of carbonyl (C=O) groups excluding carboxylic acids is 4. The number of nitrogens with one attached hydrogen (secondary N) is 1. The second kappa shape index (κ2) is 13.6. The molecule has 0 aliphatic carbocycles. The molecule has 0 spiro atoms. The van der Waals surface area contributed by atoms with E-state index in [1.807, 2.05) is 0 Å². The van der Waals surface area contributed by atoms with Crippen LogP contribution in [0.3, 0.4) is 0 Å². The van der Waals surface area contributed by atoms with Crippen LogP contribution in [0.25, 0.3) is 0 Å². The number of hydrogen-bond acceptors (Lipinski definition) is 14. The van der Waals surface area contributed by atoms with E-state index < -0.39 is 36.3 Å². The average Bonchev–Trinajstić information content (AvgIpc) is 3.29. The van der Waals surface area contributed by atoms with Gasteiger partial charge in [0.25, 0.3) is 5.91 Å². The standard InChI is InChI=1S/C23H31N5O9S2/c1-11(2)35-23(32)37-12(3)36-21(31)17-13(8-33-4)9-38-20-14(19(30)28(17)20)6-7-25-18(29)16(27-34-5)15-10-39-22(24)26-15/h10-12,14,20H,6-9H2,1-5H3,(H2,24,26)(H,25,29)/b27-16-/t12?,14-,20?/m1/s1. The van der Waals surface area contributed by atoms with Crippen molar-refractivity contribution in [1.29, 1.82) is 0 Å². The van der Waals surface area contributed by atoms with Crippen LogP contribution < -0.4 is 11.1 Å². The van der Waals surface area contributed by atoms with Gasteiger partial charge in [-0.05, 0) is 25.8 Å². The summed E-state index contributed by atoms with van der Waals surface area (Å²) in [6.07, 6.45) is -2.31. The zero-order valence-corrected chi connectivity index (χ0v) is 23.8. The summed E-state index contributed by atoms with van der Waals surface area (Å²) in [4.78, 5) is 60.7. The smallest absolute Gasteiger partial charge is 0.431 e. The molecule has 0 bridgehead atoms. The Morgan fingerprint density at radius 3 is 2.59 bits per heavy atom. The zero-order valence-electron chi connectivity index (χ0n) is 22.1. The van der Waals surface area contributed by atoms with Gasteiger partial charge < -0.3 is 34.8 Å². The lowest BCUT2D eigenvalue weighted by Crippen LogP contribution is -2.62. The summed E-state index contributed by atoms with van der Waals surface area (Å²) in [6, 6.07) is 0. The van der Waals surface area contributed by atoms with Gasteiger partial charge in [-0.25, -0.2) is 14.6 Å². The van der Waals surface area contributed by atoms with E-state index >= 15 is 0 Å². The third kappa shape index (κ3) is 7.39. The van der Waals surface area contributed by atoms with Gasteiger partial charge in [-0.1, -0.05) is 5.16 Å². The number of ether oxygens (including phenoxy) is 4. The summed E-state index contributed by atoms with van der Waals surface area (Å²) < 4.78 is 20.3. The predicted molar refractivity (Wildman–Crippen MR) is 141 cm³/mol. The molecule has 3 N–H and O–H groups in total. The van der Waals surface area contributed by atoms with Gasteiger partial charge in [0.15, 0.2) is 10.8 Å². The quantitative estimate of drug-likeness (QED) is 0.119. The molecule has 1 aromatic heterocycles. The lowest BCUT2D eigenvalue weighted by Gasteiger charge is -2.50. The number of thiazole rings is 1. The number of nitrogens with two attached hydrogens (primary N) is 1. The minimum Gasteiger partial charge on any atom is -0.431 e. The summed E-state index contributed by atoms with van der Waals surface area (Å²) in [5, 5.41) is 7.98. The van der Waals surface area contributed by atoms with E-state index in [1.54, 1.807) is 19.2 Å². The molecule has 0 radical (unpaired) electrons. The Bertz CT molecular complexity index is 1150. The van der Waals surface area contributed by atoms with Crippen molar-refractivity contribution in [3.63, 3.8) is 0 Å². The maximum Gasteiger partial charge on any atom is 0.511 e. The highest BCUT2D eigenvalue weighted by Gasteiger charge is 2.53. The van der Waals surface area contributed by atoms with Gasteiger partial charge in [-0.15, -0.1) is 23.1 Å². The molecule has 2 aliphatic heterocycles. The van der Waals surface area contributed by atoms with E-state index in [0.29, 0.717) is 17.7 Å². The van der Waals surface area contributed by atoms with Gasteiger partial charge in [0.05, 0.1) is 24.0 Å². The van der Waals surface area contributed by atoms with Gasteiger partial charge in [0.2, 0.25) is 12.2 Å². The molecule has 0 aromatic carbocycles. The van der Waals surface area contributed by atoms with Gasteiger partial charge in [-0.3, -0.25) is 14.5 Å². The molecule has 1 fully saturated rings. The largest absolute Gasteiger partial charge is 0.511 e. The van der Waals surface area contributed by atoms with Crippen molar-refractivity contribution in [3.05, 3.63) is 22.3 Å². The van der Waals surface area contributed by atoms with Gasteiger partial charge in [0.1, 0.15) is 18.5 Å². The number of hydrogen-bond donors (Lipinski definition) is 2. The molecular formula is C23H31N5O9S2. The Balaban J connectivity index is 1.62. The molecule has 0 saturated carbocycles. The fourth-order valence-corrected chi connectivity index (χ4v) is 5.86. The van der Waals surface area contributed by atoms with E-state index in [4.69, 9.17) is 29.5 Å². The second-order valence-corrected chi connectivity index (χ2v) is 10.6. The Labute approximate surface area is 233 Å². The van der Waals surface area contributed by atoms with E-state index in [9.17, 15) is 19.2 Å². The van der Waals surface area contributed by atoms with E-state index in [2.05, 4.69) is 15.5 Å². The van der Waals surface area contributed by atoms with Crippen molar-refractivity contribution in [2.75, 3.05) is 38.9 Å². The van der Waals surface area contributed by atoms with Crippen LogP contribution in [0, 0.1) is 5.92 Å². The number of thioether (sulfide) groups is 1. The van der Waals surface area contributed by atoms with Crippen LogP contribution in [0.15, 0.2) is 21.8 Å². The number of carbonyl (C=O) groups is 4. The lowest BCUT2D eigenvalue weighted by atomic mass is 9.92. The van der Waals surface area contributed by atoms with Crippen LogP contribution in [0.4, 0.5) is 9.93 Å². The predicted octanol–water partition coefficient (Wildman–Crippen LogP) is 1.46. The van der Waals surface area contributed by atoms with Gasteiger partial charge >= 0.3 is 12.1 Å². The number of fused-ring (bicyclic) bond motifs is 1. The number of oxime groups is 1. The second-order valence-electron chi connectivity index (χ2n) is 8.65. The minimum atomic E-state index is -1.24. The molecule has 16 heteroatoms. The molecule has 3 heterocycles. The van der Waals surface area contributed by atoms with Crippen molar-refractivity contribution in [3.8, 4) is 0 Å². The molecule has 39 heavy (non-hydrogen) atoms. The first kappa shape index (κ1) is 30.2. The third-order valence-electron chi connectivity index (χ3n) is 5.44. The molecular weight excluding hydrogens is 554 g/mol. The SMILES string of the molecule is COCC1=C(C(=O)OC(C)OC(=O)OC(C)C)N2C(=O)[C@@H](CCNC(=O)/C(=N\OC)c3csc(N)n3)C2SC1. The highest BCUT2D eigenvalue weighted by atomic mass is 32.2. The highest BCUT2D eigenvalue weighted by Crippen LogP contribution is 2.45. The molecule has 3 rings (SSSR count). The van der Waals surface area contributed by atoms with E-state index in [0.717, 1.165) is 11.3 Å². The van der Waals surface area contributed by atoms with Crippen LogP contribution in [0.5, 0.6) is 0 Å². The van der Waals surface area contributed by atoms with Crippen LogP contribution in [-0.4, -0.2) is 90.4 Å². The number of methoxy groups -OCH3 is 1. The Kier molecular flexibility index (Phi) is 10.5. The number of β-lactam (4-membered cyclic amide) rings is 1. The monoisotopic (exact) mass is 585 g/mol. The fraction of sp³-hybridized carbons (Fsp3) is 0.565. The van der Waals surface area contributed by atoms with Crippen LogP contribution in [0.2, 0.25) is 0 Å². The summed E-state index contributed by atoms with van der Waals surface area (Å²) >= 11 is 2.64. The zero-order chi connectivity index (χ0) is 28.7. The first-order valence-corrected chi connectivity index (χ1v) is 13.8. The number of aromatic nitrogens is 1. The molecule has 1 saturated heterocycles. The van der Waals surface area contributed by atoms with Gasteiger partial charge in [-0.2, -0.15) is 0 Å². The lowest BCUT2D eigenvalue weighted by molar-refractivity contribution is -0.170. The van der Waals surface area contributed by atoms with Crippen molar-refractivity contribution in [1.82, 2.24) is 15.2 Å². The number of nitrogen functional groups attached to an aromatic ring is 1. The van der Waals surface area contributed by atoms with Gasteiger partial charge in [0, 0.05) is 31.7 Å². The Morgan fingerprint density at radius 2 is 1.97 bits per heavy atom. The third-order valence-corrected chi connectivity index (χ3v) is 7.51. The van der Waals surface area contributed by atoms with Crippen molar-refractivity contribution >= 4 is 57.9 Å². The first-order valence-electron chi connectivity index (χ1n) is 11.9. The van der Waals surface area contributed by atoms with Crippen molar-refractivity contribution in [2.24, 2.45) is 11.1 Å². The molecule has 3 atom stereocenters. The first-order chi connectivity index (χ1) is 18.6. The summed E-state index contributed by atoms with van der Waals surface area (Å²) in [5.74, 6) is -1.67. The number of nitrogens with zero attached hydrogens (tertiary/aromatic N) is 3. The topological polar surface area (TPSA) is 181 Å². The van der Waals surface area contributed by atoms with E-state index in [1.165, 1.54) is 37.8 Å². The van der Waals surface area contributed by atoms with Crippen molar-refractivity contribution in [2.45, 2.75) is 45.0 Å².